The first kappa shape index (κ1) is 30.7. The summed E-state index contributed by atoms with van der Waals surface area (Å²) in [5.74, 6) is -4.39. The van der Waals surface area contributed by atoms with E-state index < -0.39 is 66.2 Å². The molecule has 0 aromatic carbocycles. The van der Waals surface area contributed by atoms with Gasteiger partial charge in [0.25, 0.3) is 0 Å². The first-order valence-corrected chi connectivity index (χ1v) is 12.3. The molecule has 0 aliphatic rings. The number of hydrogen-bond acceptors (Lipinski definition) is 7. The van der Waals surface area contributed by atoms with Crippen LogP contribution in [0, 0.1) is 11.8 Å². The summed E-state index contributed by atoms with van der Waals surface area (Å²) in [6.07, 6.45) is 2.12. The summed E-state index contributed by atoms with van der Waals surface area (Å²) in [4.78, 5) is 60.6. The topological polar surface area (TPSA) is 188 Å². The Morgan fingerprint density at radius 1 is 0.879 bits per heavy atom. The van der Waals surface area contributed by atoms with Crippen LogP contribution in [0.15, 0.2) is 0 Å². The summed E-state index contributed by atoms with van der Waals surface area (Å²) >= 11 is 1.46. The molecule has 12 heteroatoms. The molecule has 0 heterocycles. The van der Waals surface area contributed by atoms with Gasteiger partial charge in [-0.15, -0.1) is 0 Å². The van der Waals surface area contributed by atoms with E-state index >= 15 is 0 Å². The fourth-order valence-electron chi connectivity index (χ4n) is 2.86. The Morgan fingerprint density at radius 3 is 1.85 bits per heavy atom. The average Bonchev–Trinajstić information content (AvgIpc) is 2.75. The van der Waals surface area contributed by atoms with E-state index in [0.29, 0.717) is 12.2 Å². The Morgan fingerprint density at radius 2 is 1.39 bits per heavy atom. The van der Waals surface area contributed by atoms with Gasteiger partial charge in [0.2, 0.25) is 17.7 Å². The number of aliphatic carboxylic acids is 2. The molecule has 11 nitrogen and oxygen atoms in total. The number of nitrogens with two attached hydrogens (primary N) is 1. The molecule has 3 amide bonds. The van der Waals surface area contributed by atoms with Crippen molar-refractivity contribution in [2.75, 3.05) is 12.0 Å². The van der Waals surface area contributed by atoms with Crippen LogP contribution in [0.1, 0.15) is 53.4 Å². The standard InChI is InChI=1S/C21H38N4O7S/c1-6-12(4)16(22)20(30)24-14(9-10-33-5)18(28)23-13(7-8-15(26)27)19(29)25-17(11(2)3)21(31)32/h11-14,16-17H,6-10,22H2,1-5H3,(H,23,28)(H,24,30)(H,25,29)(H,26,27)(H,31,32). The van der Waals surface area contributed by atoms with Gasteiger partial charge < -0.3 is 31.9 Å². The second kappa shape index (κ2) is 15.5. The van der Waals surface area contributed by atoms with Gasteiger partial charge in [-0.2, -0.15) is 11.8 Å². The smallest absolute Gasteiger partial charge is 0.326 e. The van der Waals surface area contributed by atoms with Gasteiger partial charge in [-0.1, -0.05) is 34.1 Å². The predicted octanol–water partition coefficient (Wildman–Crippen LogP) is 0.173. The van der Waals surface area contributed by atoms with Gasteiger partial charge in [0, 0.05) is 6.42 Å². The van der Waals surface area contributed by atoms with E-state index in [9.17, 15) is 29.1 Å². The number of nitrogens with one attached hydrogen (secondary N) is 3. The van der Waals surface area contributed by atoms with Crippen molar-refractivity contribution in [1.82, 2.24) is 16.0 Å². The third-order valence-corrected chi connectivity index (χ3v) is 5.96. The minimum absolute atomic E-state index is 0.104. The highest BCUT2D eigenvalue weighted by Crippen LogP contribution is 2.09. The number of thioether (sulfide) groups is 1. The molecule has 5 unspecified atom stereocenters. The minimum atomic E-state index is -1.29. The highest BCUT2D eigenvalue weighted by Gasteiger charge is 2.32. The molecule has 33 heavy (non-hydrogen) atoms. The monoisotopic (exact) mass is 490 g/mol. The van der Waals surface area contributed by atoms with Crippen molar-refractivity contribution in [2.45, 2.75) is 77.5 Å². The van der Waals surface area contributed by atoms with E-state index in [2.05, 4.69) is 16.0 Å². The van der Waals surface area contributed by atoms with Crippen LogP contribution >= 0.6 is 11.8 Å². The lowest BCUT2D eigenvalue weighted by Crippen LogP contribution is -2.58. The highest BCUT2D eigenvalue weighted by atomic mass is 32.2. The van der Waals surface area contributed by atoms with Gasteiger partial charge in [0.1, 0.15) is 18.1 Å². The van der Waals surface area contributed by atoms with Crippen LogP contribution in [0.4, 0.5) is 0 Å². The summed E-state index contributed by atoms with van der Waals surface area (Å²) in [5, 5.41) is 25.8. The van der Waals surface area contributed by atoms with Crippen LogP contribution in [0.3, 0.4) is 0 Å². The largest absolute Gasteiger partial charge is 0.481 e. The molecule has 0 rings (SSSR count). The van der Waals surface area contributed by atoms with Crippen LogP contribution in [0.2, 0.25) is 0 Å². The zero-order chi connectivity index (χ0) is 25.7. The maximum atomic E-state index is 12.9. The number of amides is 3. The molecule has 0 aromatic rings. The van der Waals surface area contributed by atoms with Crippen molar-refractivity contribution in [1.29, 1.82) is 0 Å². The van der Waals surface area contributed by atoms with Crippen molar-refractivity contribution in [3.05, 3.63) is 0 Å². The van der Waals surface area contributed by atoms with Crippen molar-refractivity contribution in [3.8, 4) is 0 Å². The van der Waals surface area contributed by atoms with E-state index in [4.69, 9.17) is 10.8 Å². The number of hydrogen-bond donors (Lipinski definition) is 6. The van der Waals surface area contributed by atoms with E-state index in [1.165, 1.54) is 11.8 Å². The van der Waals surface area contributed by atoms with Crippen LogP contribution in [0.25, 0.3) is 0 Å². The number of carboxylic acids is 2. The predicted molar refractivity (Wildman–Crippen MR) is 126 cm³/mol. The molecule has 0 fully saturated rings. The molecule has 0 bridgehead atoms. The van der Waals surface area contributed by atoms with E-state index in [1.807, 2.05) is 20.1 Å². The zero-order valence-electron chi connectivity index (χ0n) is 19.9. The fourth-order valence-corrected chi connectivity index (χ4v) is 3.33. The van der Waals surface area contributed by atoms with Crippen molar-refractivity contribution >= 4 is 41.4 Å². The van der Waals surface area contributed by atoms with Crippen molar-refractivity contribution < 1.29 is 34.2 Å². The fraction of sp³-hybridized carbons (Fsp3) is 0.762. The van der Waals surface area contributed by atoms with E-state index in [0.717, 1.165) is 0 Å². The molecule has 0 aromatic heterocycles. The molecule has 0 aliphatic carbocycles. The van der Waals surface area contributed by atoms with Gasteiger partial charge in [-0.25, -0.2) is 4.79 Å². The van der Waals surface area contributed by atoms with Gasteiger partial charge in [-0.3, -0.25) is 19.2 Å². The molecule has 190 valence electrons. The molecule has 0 saturated carbocycles. The molecule has 7 N–H and O–H groups in total. The normalized spacial score (nSPS) is 15.6. The van der Waals surface area contributed by atoms with Gasteiger partial charge >= 0.3 is 11.9 Å². The summed E-state index contributed by atoms with van der Waals surface area (Å²) < 4.78 is 0. The zero-order valence-corrected chi connectivity index (χ0v) is 20.7. The third-order valence-electron chi connectivity index (χ3n) is 5.31. The van der Waals surface area contributed by atoms with Gasteiger partial charge in [0.15, 0.2) is 0 Å². The number of rotatable bonds is 16. The molecular weight excluding hydrogens is 452 g/mol. The number of carbonyl (C=O) groups excluding carboxylic acids is 3. The van der Waals surface area contributed by atoms with Gasteiger partial charge in [-0.05, 0) is 36.7 Å². The lowest BCUT2D eigenvalue weighted by Gasteiger charge is -2.26. The third kappa shape index (κ3) is 11.4. The van der Waals surface area contributed by atoms with Crippen LogP contribution in [-0.2, 0) is 24.0 Å². The Kier molecular flexibility index (Phi) is 14.4. The molecular formula is C21H38N4O7S. The van der Waals surface area contributed by atoms with Crippen molar-refractivity contribution in [2.24, 2.45) is 17.6 Å². The Bertz CT molecular complexity index is 690. The minimum Gasteiger partial charge on any atom is -0.481 e. The van der Waals surface area contributed by atoms with Crippen LogP contribution < -0.4 is 21.7 Å². The Balaban J connectivity index is 5.55. The van der Waals surface area contributed by atoms with Gasteiger partial charge in [0.05, 0.1) is 6.04 Å². The maximum Gasteiger partial charge on any atom is 0.326 e. The van der Waals surface area contributed by atoms with E-state index in [1.54, 1.807) is 13.8 Å². The molecule has 0 spiro atoms. The summed E-state index contributed by atoms with van der Waals surface area (Å²) in [7, 11) is 0. The molecule has 0 aliphatic heterocycles. The lowest BCUT2D eigenvalue weighted by molar-refractivity contribution is -0.144. The quantitative estimate of drug-likeness (QED) is 0.175. The first-order valence-electron chi connectivity index (χ1n) is 11.0. The van der Waals surface area contributed by atoms with Crippen LogP contribution in [0.5, 0.6) is 0 Å². The summed E-state index contributed by atoms with van der Waals surface area (Å²) in [6, 6.07) is -4.29. The summed E-state index contributed by atoms with van der Waals surface area (Å²) in [5.41, 5.74) is 5.96. The number of carbonyl (C=O) groups is 5. The Hall–Kier alpha value is -2.34. The molecule has 0 radical (unpaired) electrons. The molecule has 5 atom stereocenters. The highest BCUT2D eigenvalue weighted by molar-refractivity contribution is 7.98. The summed E-state index contributed by atoms with van der Waals surface area (Å²) in [6.45, 7) is 6.93. The number of carboxylic acid groups (broad SMARTS) is 2. The maximum absolute atomic E-state index is 12.9. The van der Waals surface area contributed by atoms with Crippen LogP contribution in [-0.4, -0.2) is 76.0 Å². The SMILES string of the molecule is CCC(C)C(N)C(=O)NC(CCSC)C(=O)NC(CCC(=O)O)C(=O)NC(C(=O)O)C(C)C. The van der Waals surface area contributed by atoms with Crippen molar-refractivity contribution in [3.63, 3.8) is 0 Å². The second-order valence-electron chi connectivity index (χ2n) is 8.32. The Labute approximate surface area is 199 Å². The second-order valence-corrected chi connectivity index (χ2v) is 9.30. The molecule has 0 saturated heterocycles. The average molecular weight is 491 g/mol. The lowest BCUT2D eigenvalue weighted by atomic mass is 9.99. The van der Waals surface area contributed by atoms with E-state index in [-0.39, 0.29) is 18.8 Å². The first-order chi connectivity index (χ1) is 15.3.